The van der Waals surface area contributed by atoms with E-state index in [0.717, 1.165) is 19.0 Å². The number of carbonyl (C=O) groups excluding carboxylic acids is 1. The molecule has 1 aliphatic rings. The Morgan fingerprint density at radius 1 is 1.41 bits per heavy atom. The summed E-state index contributed by atoms with van der Waals surface area (Å²) in [6.07, 6.45) is 0.260. The SMILES string of the molecule is CN=C(NCCC(=O)OC(C)C)N1CCOC(c2ccc(C)cc2C)C1.I. The highest BCUT2D eigenvalue weighted by Crippen LogP contribution is 2.25. The van der Waals surface area contributed by atoms with Crippen LogP contribution in [0.2, 0.25) is 0 Å². The Labute approximate surface area is 179 Å². The minimum absolute atomic E-state index is 0. The first-order valence-electron chi connectivity index (χ1n) is 9.24. The van der Waals surface area contributed by atoms with Gasteiger partial charge in [0.1, 0.15) is 6.10 Å². The van der Waals surface area contributed by atoms with Crippen LogP contribution < -0.4 is 5.32 Å². The Morgan fingerprint density at radius 2 is 2.15 bits per heavy atom. The van der Waals surface area contributed by atoms with Gasteiger partial charge in [-0.3, -0.25) is 9.79 Å². The number of guanidine groups is 1. The number of carbonyl (C=O) groups is 1. The molecule has 0 aliphatic carbocycles. The molecule has 7 heteroatoms. The zero-order valence-electron chi connectivity index (χ0n) is 16.9. The van der Waals surface area contributed by atoms with Crippen molar-refractivity contribution in [3.05, 3.63) is 34.9 Å². The lowest BCUT2D eigenvalue weighted by atomic mass is 10.00. The van der Waals surface area contributed by atoms with Gasteiger partial charge >= 0.3 is 5.97 Å². The number of hydrogen-bond acceptors (Lipinski definition) is 4. The van der Waals surface area contributed by atoms with Gasteiger partial charge in [0.15, 0.2) is 5.96 Å². The molecule has 2 rings (SSSR count). The number of benzene rings is 1. The molecule has 0 bridgehead atoms. The van der Waals surface area contributed by atoms with E-state index in [-0.39, 0.29) is 42.2 Å². The predicted octanol–water partition coefficient (Wildman–Crippen LogP) is 3.21. The Kier molecular flexibility index (Phi) is 10.1. The van der Waals surface area contributed by atoms with Gasteiger partial charge in [-0.15, -0.1) is 24.0 Å². The van der Waals surface area contributed by atoms with Crippen molar-refractivity contribution in [2.45, 2.75) is 46.3 Å². The zero-order valence-corrected chi connectivity index (χ0v) is 19.3. The van der Waals surface area contributed by atoms with Crippen LogP contribution in [-0.4, -0.2) is 56.2 Å². The lowest BCUT2D eigenvalue weighted by Crippen LogP contribution is -2.48. The number of hydrogen-bond donors (Lipinski definition) is 1. The van der Waals surface area contributed by atoms with Gasteiger partial charge in [0.2, 0.25) is 0 Å². The summed E-state index contributed by atoms with van der Waals surface area (Å²) < 4.78 is 11.2. The third-order valence-electron chi connectivity index (χ3n) is 4.33. The van der Waals surface area contributed by atoms with E-state index < -0.39 is 0 Å². The highest BCUT2D eigenvalue weighted by molar-refractivity contribution is 14.0. The van der Waals surface area contributed by atoms with Gasteiger partial charge in [-0.05, 0) is 38.8 Å². The van der Waals surface area contributed by atoms with Gasteiger partial charge in [0, 0.05) is 20.1 Å². The molecule has 1 aromatic rings. The van der Waals surface area contributed by atoms with Crippen LogP contribution in [0.15, 0.2) is 23.2 Å². The molecule has 0 amide bonds. The molecule has 1 fully saturated rings. The fourth-order valence-corrected chi connectivity index (χ4v) is 3.15. The third kappa shape index (κ3) is 7.29. The molecule has 6 nitrogen and oxygen atoms in total. The first kappa shape index (κ1) is 23.7. The van der Waals surface area contributed by atoms with Gasteiger partial charge in [0.25, 0.3) is 0 Å². The van der Waals surface area contributed by atoms with Crippen molar-refractivity contribution in [2.24, 2.45) is 4.99 Å². The second-order valence-corrected chi connectivity index (χ2v) is 6.93. The largest absolute Gasteiger partial charge is 0.463 e. The average molecular weight is 489 g/mol. The smallest absolute Gasteiger partial charge is 0.307 e. The fraction of sp³-hybridized carbons (Fsp3) is 0.600. The summed E-state index contributed by atoms with van der Waals surface area (Å²) in [5, 5.41) is 3.26. The van der Waals surface area contributed by atoms with E-state index in [1.165, 1.54) is 16.7 Å². The van der Waals surface area contributed by atoms with E-state index in [9.17, 15) is 4.79 Å². The molecule has 0 saturated carbocycles. The van der Waals surface area contributed by atoms with Crippen molar-refractivity contribution in [1.82, 2.24) is 10.2 Å². The Bertz CT molecular complexity index is 649. The summed E-state index contributed by atoms with van der Waals surface area (Å²) in [4.78, 5) is 18.2. The van der Waals surface area contributed by atoms with Crippen LogP contribution in [0.1, 0.15) is 43.1 Å². The monoisotopic (exact) mass is 489 g/mol. The second-order valence-electron chi connectivity index (χ2n) is 6.93. The van der Waals surface area contributed by atoms with Gasteiger partial charge in [-0.1, -0.05) is 23.8 Å². The standard InChI is InChI=1S/C20H31N3O3.HI/c1-14(2)26-19(24)8-9-22-20(21-5)23-10-11-25-18(13-23)17-7-6-15(3)12-16(17)4;/h6-7,12,14,18H,8-11,13H2,1-5H3,(H,21,22);1H. The second kappa shape index (κ2) is 11.5. The summed E-state index contributed by atoms with van der Waals surface area (Å²) in [6.45, 7) is 10.6. The minimum Gasteiger partial charge on any atom is -0.463 e. The summed E-state index contributed by atoms with van der Waals surface area (Å²) in [7, 11) is 1.76. The number of nitrogens with zero attached hydrogens (tertiary/aromatic N) is 2. The van der Waals surface area contributed by atoms with Crippen LogP contribution in [0.25, 0.3) is 0 Å². The van der Waals surface area contributed by atoms with Crippen LogP contribution in [0, 0.1) is 13.8 Å². The van der Waals surface area contributed by atoms with Crippen molar-refractivity contribution in [2.75, 3.05) is 33.3 Å². The molecule has 1 aromatic carbocycles. The van der Waals surface area contributed by atoms with Crippen LogP contribution in [0.5, 0.6) is 0 Å². The highest BCUT2D eigenvalue weighted by Gasteiger charge is 2.25. The quantitative estimate of drug-likeness (QED) is 0.298. The molecule has 0 spiro atoms. The molecule has 0 radical (unpaired) electrons. The van der Waals surface area contributed by atoms with Crippen molar-refractivity contribution in [1.29, 1.82) is 0 Å². The number of morpholine rings is 1. The Morgan fingerprint density at radius 3 is 2.78 bits per heavy atom. The molecule has 0 aromatic heterocycles. The first-order valence-corrected chi connectivity index (χ1v) is 9.24. The lowest BCUT2D eigenvalue weighted by molar-refractivity contribution is -0.147. The molecular formula is C20H32IN3O3. The minimum atomic E-state index is -0.196. The van der Waals surface area contributed by atoms with Gasteiger partial charge < -0.3 is 19.7 Å². The van der Waals surface area contributed by atoms with Crippen molar-refractivity contribution >= 4 is 35.9 Å². The molecule has 1 saturated heterocycles. The molecule has 1 atom stereocenters. The van der Waals surface area contributed by atoms with Crippen molar-refractivity contribution < 1.29 is 14.3 Å². The average Bonchev–Trinajstić information content (AvgIpc) is 2.58. The summed E-state index contributed by atoms with van der Waals surface area (Å²) in [5.41, 5.74) is 3.72. The topological polar surface area (TPSA) is 63.2 Å². The van der Waals surface area contributed by atoms with Crippen LogP contribution >= 0.6 is 24.0 Å². The molecule has 1 N–H and O–H groups in total. The molecular weight excluding hydrogens is 457 g/mol. The van der Waals surface area contributed by atoms with Gasteiger partial charge in [-0.2, -0.15) is 0 Å². The van der Waals surface area contributed by atoms with Crippen LogP contribution in [0.4, 0.5) is 0 Å². The summed E-state index contributed by atoms with van der Waals surface area (Å²) in [5.74, 6) is 0.596. The normalized spacial score (nSPS) is 17.5. The maximum absolute atomic E-state index is 11.7. The highest BCUT2D eigenvalue weighted by atomic mass is 127. The van der Waals surface area contributed by atoms with Crippen molar-refractivity contribution in [3.8, 4) is 0 Å². The summed E-state index contributed by atoms with van der Waals surface area (Å²) in [6, 6.07) is 6.46. The zero-order chi connectivity index (χ0) is 19.1. The van der Waals surface area contributed by atoms with E-state index >= 15 is 0 Å². The number of nitrogens with one attached hydrogen (secondary N) is 1. The lowest BCUT2D eigenvalue weighted by Gasteiger charge is -2.35. The number of esters is 1. The van der Waals surface area contributed by atoms with Gasteiger partial charge in [-0.25, -0.2) is 0 Å². The maximum Gasteiger partial charge on any atom is 0.307 e. The molecule has 27 heavy (non-hydrogen) atoms. The maximum atomic E-state index is 11.7. The Balaban J connectivity index is 0.00000364. The van der Waals surface area contributed by atoms with Crippen LogP contribution in [0.3, 0.4) is 0 Å². The third-order valence-corrected chi connectivity index (χ3v) is 4.33. The molecule has 1 unspecified atom stereocenters. The summed E-state index contributed by atoms with van der Waals surface area (Å²) >= 11 is 0. The van der Waals surface area contributed by atoms with Crippen LogP contribution in [-0.2, 0) is 14.3 Å². The van der Waals surface area contributed by atoms with E-state index in [4.69, 9.17) is 9.47 Å². The number of ether oxygens (including phenoxy) is 2. The first-order chi connectivity index (χ1) is 12.4. The number of aryl methyl sites for hydroxylation is 2. The van der Waals surface area contributed by atoms with E-state index in [1.54, 1.807) is 7.05 Å². The number of halogens is 1. The number of aliphatic imine (C=N–C) groups is 1. The van der Waals surface area contributed by atoms with Gasteiger partial charge in [0.05, 0.1) is 25.7 Å². The fourth-order valence-electron chi connectivity index (χ4n) is 3.15. The molecule has 1 heterocycles. The van der Waals surface area contributed by atoms with Crippen molar-refractivity contribution in [3.63, 3.8) is 0 Å². The predicted molar refractivity (Wildman–Crippen MR) is 119 cm³/mol. The Hall–Kier alpha value is -1.35. The number of rotatable bonds is 5. The molecule has 1 aliphatic heterocycles. The van der Waals surface area contributed by atoms with E-state index in [2.05, 4.69) is 47.3 Å². The molecule has 152 valence electrons. The van der Waals surface area contributed by atoms with E-state index in [1.807, 2.05) is 13.8 Å². The van der Waals surface area contributed by atoms with E-state index in [0.29, 0.717) is 19.6 Å².